The lowest BCUT2D eigenvalue weighted by Crippen LogP contribution is -2.34. The van der Waals surface area contributed by atoms with Gasteiger partial charge in [0.1, 0.15) is 0 Å². The molecule has 0 saturated carbocycles. The Morgan fingerprint density at radius 3 is 2.20 bits per heavy atom. The predicted octanol–water partition coefficient (Wildman–Crippen LogP) is 3.95. The van der Waals surface area contributed by atoms with Gasteiger partial charge in [-0.15, -0.1) is 0 Å². The summed E-state index contributed by atoms with van der Waals surface area (Å²) in [5.74, 6) is 0.280. The molecule has 0 aromatic carbocycles. The summed E-state index contributed by atoms with van der Waals surface area (Å²) >= 11 is 0. The number of rotatable bonds is 7. The second-order valence-electron chi connectivity index (χ2n) is 5.32. The minimum atomic E-state index is -0.638. The molecule has 0 heterocycles. The Balaban J connectivity index is 4.33. The summed E-state index contributed by atoms with van der Waals surface area (Å²) in [4.78, 5) is 11.3. The maximum absolute atomic E-state index is 11.3. The SMILES string of the molecule is CCC(C)C(C)(CCCC(C)C)C(=O)O. The van der Waals surface area contributed by atoms with Crippen molar-refractivity contribution in [3.63, 3.8) is 0 Å². The van der Waals surface area contributed by atoms with Crippen molar-refractivity contribution in [1.29, 1.82) is 0 Å². The minimum Gasteiger partial charge on any atom is -0.481 e. The molecule has 2 nitrogen and oxygen atoms in total. The molecule has 15 heavy (non-hydrogen) atoms. The number of carboxylic acid groups (broad SMARTS) is 1. The van der Waals surface area contributed by atoms with Crippen LogP contribution in [0, 0.1) is 17.3 Å². The Morgan fingerprint density at radius 1 is 1.33 bits per heavy atom. The van der Waals surface area contributed by atoms with Crippen LogP contribution in [-0.4, -0.2) is 11.1 Å². The summed E-state index contributed by atoms with van der Waals surface area (Å²) in [5.41, 5.74) is -0.538. The maximum Gasteiger partial charge on any atom is 0.309 e. The molecule has 0 aromatic rings. The summed E-state index contributed by atoms with van der Waals surface area (Å²) in [5, 5.41) is 9.30. The molecule has 0 saturated heterocycles. The van der Waals surface area contributed by atoms with Crippen LogP contribution in [0.2, 0.25) is 0 Å². The van der Waals surface area contributed by atoms with E-state index in [1.54, 1.807) is 0 Å². The first-order valence-corrected chi connectivity index (χ1v) is 6.08. The van der Waals surface area contributed by atoms with Crippen LogP contribution in [0.15, 0.2) is 0 Å². The molecule has 0 rings (SSSR count). The minimum absolute atomic E-state index is 0.252. The van der Waals surface area contributed by atoms with Crippen molar-refractivity contribution in [2.45, 2.75) is 60.3 Å². The molecule has 0 aliphatic rings. The van der Waals surface area contributed by atoms with Gasteiger partial charge in [0.25, 0.3) is 0 Å². The summed E-state index contributed by atoms with van der Waals surface area (Å²) in [6.45, 7) is 10.4. The normalized spacial score (nSPS) is 17.5. The zero-order chi connectivity index (χ0) is 12.1. The first-order chi connectivity index (χ1) is 6.84. The van der Waals surface area contributed by atoms with E-state index in [0.29, 0.717) is 5.92 Å². The van der Waals surface area contributed by atoms with Gasteiger partial charge in [0.05, 0.1) is 5.41 Å². The zero-order valence-electron chi connectivity index (χ0n) is 10.8. The van der Waals surface area contributed by atoms with Crippen LogP contribution < -0.4 is 0 Å². The van der Waals surface area contributed by atoms with E-state index in [1.165, 1.54) is 0 Å². The van der Waals surface area contributed by atoms with Crippen molar-refractivity contribution in [2.75, 3.05) is 0 Å². The van der Waals surface area contributed by atoms with Crippen molar-refractivity contribution in [1.82, 2.24) is 0 Å². The Kier molecular flexibility index (Phi) is 5.92. The third kappa shape index (κ3) is 4.23. The van der Waals surface area contributed by atoms with Crippen molar-refractivity contribution >= 4 is 5.97 Å². The fraction of sp³-hybridized carbons (Fsp3) is 0.923. The highest BCUT2D eigenvalue weighted by molar-refractivity contribution is 5.74. The lowest BCUT2D eigenvalue weighted by Gasteiger charge is -2.31. The highest BCUT2D eigenvalue weighted by atomic mass is 16.4. The van der Waals surface area contributed by atoms with Gasteiger partial charge in [0, 0.05) is 0 Å². The average Bonchev–Trinajstić information content (AvgIpc) is 2.15. The van der Waals surface area contributed by atoms with Gasteiger partial charge in [0.2, 0.25) is 0 Å². The van der Waals surface area contributed by atoms with E-state index in [0.717, 1.165) is 25.7 Å². The van der Waals surface area contributed by atoms with Crippen molar-refractivity contribution in [2.24, 2.45) is 17.3 Å². The molecule has 2 heteroatoms. The Labute approximate surface area is 94.1 Å². The van der Waals surface area contributed by atoms with E-state index < -0.39 is 11.4 Å². The van der Waals surface area contributed by atoms with Crippen LogP contribution in [-0.2, 0) is 4.79 Å². The first-order valence-electron chi connectivity index (χ1n) is 6.08. The lowest BCUT2D eigenvalue weighted by molar-refractivity contribution is -0.151. The van der Waals surface area contributed by atoms with Gasteiger partial charge in [-0.25, -0.2) is 0 Å². The largest absolute Gasteiger partial charge is 0.481 e. The van der Waals surface area contributed by atoms with Crippen LogP contribution >= 0.6 is 0 Å². The number of hydrogen-bond donors (Lipinski definition) is 1. The van der Waals surface area contributed by atoms with Gasteiger partial charge in [0.15, 0.2) is 0 Å². The summed E-state index contributed by atoms with van der Waals surface area (Å²) in [6.07, 6.45) is 3.88. The highest BCUT2D eigenvalue weighted by Crippen LogP contribution is 2.35. The maximum atomic E-state index is 11.3. The topological polar surface area (TPSA) is 37.3 Å². The van der Waals surface area contributed by atoms with Gasteiger partial charge in [-0.05, 0) is 25.2 Å². The van der Waals surface area contributed by atoms with Gasteiger partial charge in [-0.3, -0.25) is 4.79 Å². The molecule has 0 fully saturated rings. The highest BCUT2D eigenvalue weighted by Gasteiger charge is 2.37. The second kappa shape index (κ2) is 6.14. The molecule has 2 atom stereocenters. The lowest BCUT2D eigenvalue weighted by atomic mass is 9.73. The third-order valence-corrected chi connectivity index (χ3v) is 3.67. The van der Waals surface area contributed by atoms with E-state index in [-0.39, 0.29) is 5.92 Å². The van der Waals surface area contributed by atoms with E-state index in [4.69, 9.17) is 0 Å². The van der Waals surface area contributed by atoms with Gasteiger partial charge >= 0.3 is 5.97 Å². The molecule has 0 aliphatic carbocycles. The summed E-state index contributed by atoms with van der Waals surface area (Å²) < 4.78 is 0. The van der Waals surface area contributed by atoms with E-state index in [9.17, 15) is 9.90 Å². The standard InChI is InChI=1S/C13H26O2/c1-6-11(4)13(5,12(14)15)9-7-8-10(2)3/h10-11H,6-9H2,1-5H3,(H,14,15). The zero-order valence-corrected chi connectivity index (χ0v) is 10.8. The number of aliphatic carboxylic acids is 1. The number of carbonyl (C=O) groups is 1. The van der Waals surface area contributed by atoms with Crippen LogP contribution in [0.5, 0.6) is 0 Å². The van der Waals surface area contributed by atoms with E-state index >= 15 is 0 Å². The molecule has 0 aromatic heterocycles. The quantitative estimate of drug-likeness (QED) is 0.696. The monoisotopic (exact) mass is 214 g/mol. The average molecular weight is 214 g/mol. The van der Waals surface area contributed by atoms with E-state index in [1.807, 2.05) is 13.8 Å². The first kappa shape index (κ1) is 14.5. The van der Waals surface area contributed by atoms with E-state index in [2.05, 4.69) is 20.8 Å². The fourth-order valence-corrected chi connectivity index (χ4v) is 1.89. The van der Waals surface area contributed by atoms with Gasteiger partial charge < -0.3 is 5.11 Å². The molecule has 0 radical (unpaired) electrons. The smallest absolute Gasteiger partial charge is 0.309 e. The Bertz CT molecular complexity index is 199. The van der Waals surface area contributed by atoms with Crippen molar-refractivity contribution in [3.05, 3.63) is 0 Å². The molecule has 0 spiro atoms. The molecule has 0 amide bonds. The van der Waals surface area contributed by atoms with Gasteiger partial charge in [-0.1, -0.05) is 47.0 Å². The molecule has 0 aliphatic heterocycles. The fourth-order valence-electron chi connectivity index (χ4n) is 1.89. The third-order valence-electron chi connectivity index (χ3n) is 3.67. The summed E-state index contributed by atoms with van der Waals surface area (Å²) in [6, 6.07) is 0. The van der Waals surface area contributed by atoms with Crippen molar-refractivity contribution in [3.8, 4) is 0 Å². The Morgan fingerprint density at radius 2 is 1.87 bits per heavy atom. The van der Waals surface area contributed by atoms with Crippen LogP contribution in [0.4, 0.5) is 0 Å². The predicted molar refractivity (Wildman–Crippen MR) is 63.9 cm³/mol. The Hall–Kier alpha value is -0.530. The molecule has 2 unspecified atom stereocenters. The molecular formula is C13H26O2. The van der Waals surface area contributed by atoms with Crippen LogP contribution in [0.1, 0.15) is 60.3 Å². The molecular weight excluding hydrogens is 188 g/mol. The van der Waals surface area contributed by atoms with Gasteiger partial charge in [-0.2, -0.15) is 0 Å². The number of hydrogen-bond acceptors (Lipinski definition) is 1. The number of carboxylic acids is 1. The molecule has 90 valence electrons. The second-order valence-corrected chi connectivity index (χ2v) is 5.32. The summed E-state index contributed by atoms with van der Waals surface area (Å²) in [7, 11) is 0. The van der Waals surface area contributed by atoms with Crippen LogP contribution in [0.3, 0.4) is 0 Å². The van der Waals surface area contributed by atoms with Crippen LogP contribution in [0.25, 0.3) is 0 Å². The molecule has 1 N–H and O–H groups in total. The molecule has 0 bridgehead atoms. The van der Waals surface area contributed by atoms with Crippen molar-refractivity contribution < 1.29 is 9.90 Å².